The number of aromatic nitrogens is 2. The maximum absolute atomic E-state index is 13.2. The van der Waals surface area contributed by atoms with Gasteiger partial charge < -0.3 is 4.74 Å². The summed E-state index contributed by atoms with van der Waals surface area (Å²) < 4.78 is 32.5. The fourth-order valence-electron chi connectivity index (χ4n) is 2.84. The minimum absolute atomic E-state index is 0.0825. The average Bonchev–Trinajstić information content (AvgIpc) is 3.02. The normalized spacial score (nSPS) is 10.6. The lowest BCUT2D eigenvalue weighted by molar-refractivity contribution is -0.137. The van der Waals surface area contributed by atoms with Gasteiger partial charge in [0.05, 0.1) is 22.6 Å². The Morgan fingerprint density at radius 2 is 1.69 bits per heavy atom. The predicted molar refractivity (Wildman–Crippen MR) is 99.0 cm³/mol. The van der Waals surface area contributed by atoms with Gasteiger partial charge in [-0.3, -0.25) is 9.59 Å². The fourth-order valence-corrected chi connectivity index (χ4v) is 2.84. The summed E-state index contributed by atoms with van der Waals surface area (Å²) in [6, 6.07) is 11.6. The third kappa shape index (κ3) is 4.11. The van der Waals surface area contributed by atoms with Crippen molar-refractivity contribution < 1.29 is 27.9 Å². The van der Waals surface area contributed by atoms with Crippen molar-refractivity contribution in [3.63, 3.8) is 0 Å². The van der Waals surface area contributed by atoms with Crippen molar-refractivity contribution in [2.24, 2.45) is 0 Å². The Kier molecular flexibility index (Phi) is 5.63. The maximum atomic E-state index is 13.2. The molecule has 6 nitrogen and oxygen atoms in total. The van der Waals surface area contributed by atoms with Crippen molar-refractivity contribution in [3.05, 3.63) is 82.7 Å². The van der Waals surface area contributed by atoms with Crippen molar-refractivity contribution in [1.29, 1.82) is 0 Å². The van der Waals surface area contributed by atoms with Gasteiger partial charge in [0.15, 0.2) is 24.0 Å². The third-order valence-electron chi connectivity index (χ3n) is 4.28. The minimum Gasteiger partial charge on any atom is -0.451 e. The van der Waals surface area contributed by atoms with Crippen molar-refractivity contribution in [3.8, 4) is 5.69 Å². The number of halogens is 2. The molecule has 3 aromatic rings. The Balaban J connectivity index is 1.74. The smallest absolute Gasteiger partial charge is 0.380 e. The Morgan fingerprint density at radius 3 is 2.34 bits per heavy atom. The van der Waals surface area contributed by atoms with E-state index in [1.54, 1.807) is 26.0 Å². The molecule has 0 saturated carbocycles. The molecule has 0 atom stereocenters. The molecule has 0 unspecified atom stereocenters. The first-order valence-electron chi connectivity index (χ1n) is 8.61. The van der Waals surface area contributed by atoms with Gasteiger partial charge in [-0.1, -0.05) is 18.2 Å². The first-order valence-corrected chi connectivity index (χ1v) is 8.61. The number of ether oxygens (including phenoxy) is 1. The number of rotatable bonds is 6. The SMILES string of the molecule is Cc1nn(-c2ccccc2)c(C)c1C(=O)C(=O)OCC(=O)c1ccc(F)c(F)c1. The van der Waals surface area contributed by atoms with E-state index in [0.717, 1.165) is 12.1 Å². The second kappa shape index (κ2) is 8.14. The third-order valence-corrected chi connectivity index (χ3v) is 4.28. The molecule has 0 aliphatic heterocycles. The quantitative estimate of drug-likeness (QED) is 0.361. The molecule has 0 bridgehead atoms. The monoisotopic (exact) mass is 398 g/mol. The van der Waals surface area contributed by atoms with Crippen LogP contribution in [0.2, 0.25) is 0 Å². The number of carbonyl (C=O) groups is 3. The van der Waals surface area contributed by atoms with E-state index >= 15 is 0 Å². The van der Waals surface area contributed by atoms with Gasteiger partial charge in [0.1, 0.15) is 0 Å². The molecule has 3 rings (SSSR count). The van der Waals surface area contributed by atoms with Gasteiger partial charge in [-0.2, -0.15) is 5.10 Å². The topological polar surface area (TPSA) is 78.3 Å². The molecule has 148 valence electrons. The molecule has 0 aliphatic carbocycles. The largest absolute Gasteiger partial charge is 0.451 e. The average molecular weight is 398 g/mol. The number of benzene rings is 2. The number of hydrogen-bond donors (Lipinski definition) is 0. The first kappa shape index (κ1) is 20.1. The van der Waals surface area contributed by atoms with E-state index in [0.29, 0.717) is 23.1 Å². The molecule has 2 aromatic carbocycles. The number of nitrogens with zero attached hydrogens (tertiary/aromatic N) is 2. The number of hydrogen-bond acceptors (Lipinski definition) is 5. The summed E-state index contributed by atoms with van der Waals surface area (Å²) in [6.07, 6.45) is 0. The van der Waals surface area contributed by atoms with E-state index in [1.807, 2.05) is 18.2 Å². The van der Waals surface area contributed by atoms with Crippen LogP contribution in [-0.4, -0.2) is 33.9 Å². The lowest BCUT2D eigenvalue weighted by Gasteiger charge is -2.06. The van der Waals surface area contributed by atoms with E-state index in [2.05, 4.69) is 5.10 Å². The van der Waals surface area contributed by atoms with Gasteiger partial charge in [-0.15, -0.1) is 0 Å². The zero-order valence-corrected chi connectivity index (χ0v) is 15.6. The van der Waals surface area contributed by atoms with Gasteiger partial charge in [0.2, 0.25) is 0 Å². The molecule has 1 aromatic heterocycles. The Hall–Kier alpha value is -3.68. The van der Waals surface area contributed by atoms with Gasteiger partial charge in [0.25, 0.3) is 5.78 Å². The summed E-state index contributed by atoms with van der Waals surface area (Å²) in [6.45, 7) is 2.44. The maximum Gasteiger partial charge on any atom is 0.380 e. The molecule has 8 heteroatoms. The predicted octanol–water partition coefficient (Wildman–Crippen LogP) is 3.38. The van der Waals surface area contributed by atoms with Crippen molar-refractivity contribution in [2.45, 2.75) is 13.8 Å². The highest BCUT2D eigenvalue weighted by Crippen LogP contribution is 2.19. The molecule has 1 heterocycles. The van der Waals surface area contributed by atoms with Crippen LogP contribution in [0.4, 0.5) is 8.78 Å². The standard InChI is InChI=1S/C21H16F2N2O4/c1-12-19(13(2)25(24-12)15-6-4-3-5-7-15)20(27)21(28)29-11-18(26)14-8-9-16(22)17(23)10-14/h3-10H,11H2,1-2H3. The number of esters is 1. The Morgan fingerprint density at radius 1 is 1.00 bits per heavy atom. The Labute approximate surface area is 164 Å². The van der Waals surface area contributed by atoms with Crippen LogP contribution in [0.3, 0.4) is 0 Å². The van der Waals surface area contributed by atoms with Crippen molar-refractivity contribution in [2.75, 3.05) is 6.61 Å². The molecule has 0 spiro atoms. The van der Waals surface area contributed by atoms with Crippen molar-refractivity contribution >= 4 is 17.5 Å². The summed E-state index contributed by atoms with van der Waals surface area (Å²) in [5.41, 5.74) is 1.41. The number of carbonyl (C=O) groups excluding carboxylic acids is 3. The van der Waals surface area contributed by atoms with E-state index in [4.69, 9.17) is 4.74 Å². The summed E-state index contributed by atoms with van der Waals surface area (Å²) >= 11 is 0. The van der Waals surface area contributed by atoms with Gasteiger partial charge in [-0.25, -0.2) is 18.3 Å². The van der Waals surface area contributed by atoms with E-state index < -0.39 is 35.8 Å². The molecule has 0 radical (unpaired) electrons. The summed E-state index contributed by atoms with van der Waals surface area (Å²) in [5, 5.41) is 4.29. The van der Waals surface area contributed by atoms with Crippen LogP contribution < -0.4 is 0 Å². The van der Waals surface area contributed by atoms with Crippen LogP contribution in [-0.2, 0) is 9.53 Å². The molecular formula is C21H16F2N2O4. The number of Topliss-reactive ketones (excluding diaryl/α,β-unsaturated/α-hetero) is 2. The van der Waals surface area contributed by atoms with Crippen LogP contribution >= 0.6 is 0 Å². The minimum atomic E-state index is -1.24. The van der Waals surface area contributed by atoms with Gasteiger partial charge >= 0.3 is 5.97 Å². The first-order chi connectivity index (χ1) is 13.8. The van der Waals surface area contributed by atoms with Crippen LogP contribution in [0, 0.1) is 25.5 Å². The fraction of sp³-hybridized carbons (Fsp3) is 0.143. The van der Waals surface area contributed by atoms with E-state index in [1.165, 1.54) is 4.68 Å². The lowest BCUT2D eigenvalue weighted by Crippen LogP contribution is -2.22. The number of ketones is 2. The Bertz CT molecular complexity index is 1110. The van der Waals surface area contributed by atoms with Crippen LogP contribution in [0.1, 0.15) is 32.1 Å². The number of aryl methyl sites for hydroxylation is 1. The highest BCUT2D eigenvalue weighted by Gasteiger charge is 2.27. The molecule has 29 heavy (non-hydrogen) atoms. The second-order valence-corrected chi connectivity index (χ2v) is 6.25. The molecule has 0 aliphatic rings. The molecule has 0 saturated heterocycles. The zero-order chi connectivity index (χ0) is 21.1. The summed E-state index contributed by atoms with van der Waals surface area (Å²) in [7, 11) is 0. The number of para-hydroxylation sites is 1. The molecular weight excluding hydrogens is 382 g/mol. The lowest BCUT2D eigenvalue weighted by atomic mass is 10.1. The van der Waals surface area contributed by atoms with Gasteiger partial charge in [0, 0.05) is 5.56 Å². The highest BCUT2D eigenvalue weighted by molar-refractivity contribution is 6.41. The van der Waals surface area contributed by atoms with Gasteiger partial charge in [-0.05, 0) is 44.2 Å². The molecule has 0 fully saturated rings. The van der Waals surface area contributed by atoms with E-state index in [-0.39, 0.29) is 11.1 Å². The van der Waals surface area contributed by atoms with Crippen LogP contribution in [0.25, 0.3) is 5.69 Å². The molecule has 0 N–H and O–H groups in total. The van der Waals surface area contributed by atoms with Crippen LogP contribution in [0.15, 0.2) is 48.5 Å². The van der Waals surface area contributed by atoms with Crippen LogP contribution in [0.5, 0.6) is 0 Å². The van der Waals surface area contributed by atoms with Crippen molar-refractivity contribution in [1.82, 2.24) is 9.78 Å². The summed E-state index contributed by atoms with van der Waals surface area (Å²) in [5.74, 6) is -5.24. The molecule has 0 amide bonds. The zero-order valence-electron chi connectivity index (χ0n) is 15.6. The highest BCUT2D eigenvalue weighted by atomic mass is 19.2. The second-order valence-electron chi connectivity index (χ2n) is 6.25. The summed E-state index contributed by atoms with van der Waals surface area (Å²) in [4.78, 5) is 36.7. The van der Waals surface area contributed by atoms with E-state index in [9.17, 15) is 23.2 Å².